The summed E-state index contributed by atoms with van der Waals surface area (Å²) in [5.74, 6) is -0.0822. The lowest BCUT2D eigenvalue weighted by Crippen LogP contribution is -2.50. The van der Waals surface area contributed by atoms with Crippen molar-refractivity contribution in [1.29, 1.82) is 0 Å². The molecule has 2 amide bonds. The Morgan fingerprint density at radius 2 is 1.64 bits per heavy atom. The maximum absolute atomic E-state index is 13.1. The second-order valence-electron chi connectivity index (χ2n) is 7.84. The molecule has 3 rings (SSSR count). The Balaban J connectivity index is 1.74. The second kappa shape index (κ2) is 9.54. The standard InChI is InChI=1S/C24H30N2O2/c1-18-12-14-21(15-13-18)17-26(23(27)16-20-8-4-3-5-9-20)19(2)24(28)25-22-10-6-7-11-22/h3-5,8-9,12-15,19,22H,6-7,10-11,16-17H2,1-2H3,(H,25,28)/t19-/m1/s1. The van der Waals surface area contributed by atoms with Crippen molar-refractivity contribution in [3.05, 3.63) is 71.3 Å². The van der Waals surface area contributed by atoms with Crippen LogP contribution >= 0.6 is 0 Å². The van der Waals surface area contributed by atoms with Crippen molar-refractivity contribution in [2.24, 2.45) is 0 Å². The summed E-state index contributed by atoms with van der Waals surface area (Å²) >= 11 is 0. The Morgan fingerprint density at radius 3 is 2.29 bits per heavy atom. The third-order valence-corrected chi connectivity index (χ3v) is 5.54. The molecular formula is C24H30N2O2. The molecule has 1 aliphatic carbocycles. The third-order valence-electron chi connectivity index (χ3n) is 5.54. The van der Waals surface area contributed by atoms with Crippen molar-refractivity contribution in [1.82, 2.24) is 10.2 Å². The van der Waals surface area contributed by atoms with Gasteiger partial charge in [-0.25, -0.2) is 0 Å². The van der Waals surface area contributed by atoms with Gasteiger partial charge >= 0.3 is 0 Å². The zero-order valence-corrected chi connectivity index (χ0v) is 16.9. The Bertz CT molecular complexity index is 780. The molecule has 0 radical (unpaired) electrons. The van der Waals surface area contributed by atoms with E-state index < -0.39 is 6.04 Å². The van der Waals surface area contributed by atoms with Crippen LogP contribution in [0.3, 0.4) is 0 Å². The first kappa shape index (κ1) is 20.1. The van der Waals surface area contributed by atoms with Crippen LogP contribution in [0, 0.1) is 6.92 Å². The van der Waals surface area contributed by atoms with Gasteiger partial charge in [-0.05, 0) is 37.8 Å². The Morgan fingerprint density at radius 1 is 1.00 bits per heavy atom. The number of benzene rings is 2. The molecule has 1 atom stereocenters. The van der Waals surface area contributed by atoms with Crippen LogP contribution in [-0.2, 0) is 22.6 Å². The molecule has 28 heavy (non-hydrogen) atoms. The van der Waals surface area contributed by atoms with E-state index in [0.29, 0.717) is 13.0 Å². The van der Waals surface area contributed by atoms with Gasteiger partial charge in [0.15, 0.2) is 0 Å². The average Bonchev–Trinajstić information content (AvgIpc) is 3.20. The molecule has 0 unspecified atom stereocenters. The second-order valence-corrected chi connectivity index (χ2v) is 7.84. The van der Waals surface area contributed by atoms with E-state index in [9.17, 15) is 9.59 Å². The highest BCUT2D eigenvalue weighted by molar-refractivity contribution is 5.88. The van der Waals surface area contributed by atoms with Gasteiger partial charge in [0.1, 0.15) is 6.04 Å². The molecule has 0 heterocycles. The van der Waals surface area contributed by atoms with Crippen molar-refractivity contribution < 1.29 is 9.59 Å². The summed E-state index contributed by atoms with van der Waals surface area (Å²) in [6, 6.07) is 17.6. The molecule has 4 heteroatoms. The Hall–Kier alpha value is -2.62. The van der Waals surface area contributed by atoms with E-state index in [1.54, 1.807) is 4.90 Å². The zero-order chi connectivity index (χ0) is 19.9. The molecule has 2 aromatic carbocycles. The average molecular weight is 379 g/mol. The van der Waals surface area contributed by atoms with Gasteiger partial charge in [-0.15, -0.1) is 0 Å². The fourth-order valence-electron chi connectivity index (χ4n) is 3.74. The molecule has 1 N–H and O–H groups in total. The lowest BCUT2D eigenvalue weighted by Gasteiger charge is -2.30. The lowest BCUT2D eigenvalue weighted by molar-refractivity contribution is -0.140. The molecule has 0 saturated heterocycles. The molecule has 2 aromatic rings. The van der Waals surface area contributed by atoms with E-state index in [2.05, 4.69) is 5.32 Å². The summed E-state index contributed by atoms with van der Waals surface area (Å²) in [6.07, 6.45) is 4.70. The maximum Gasteiger partial charge on any atom is 0.242 e. The van der Waals surface area contributed by atoms with Crippen LogP contribution in [0.2, 0.25) is 0 Å². The predicted molar refractivity (Wildman–Crippen MR) is 112 cm³/mol. The molecule has 0 spiro atoms. The maximum atomic E-state index is 13.1. The minimum atomic E-state index is -0.502. The zero-order valence-electron chi connectivity index (χ0n) is 16.9. The van der Waals surface area contributed by atoms with Gasteiger partial charge in [-0.3, -0.25) is 9.59 Å². The van der Waals surface area contributed by atoms with Crippen LogP contribution in [0.5, 0.6) is 0 Å². The van der Waals surface area contributed by atoms with Gasteiger partial charge < -0.3 is 10.2 Å². The first-order chi connectivity index (χ1) is 13.5. The van der Waals surface area contributed by atoms with Gasteiger partial charge in [0.25, 0.3) is 0 Å². The van der Waals surface area contributed by atoms with E-state index in [-0.39, 0.29) is 17.9 Å². The highest BCUT2D eigenvalue weighted by Gasteiger charge is 2.28. The molecule has 1 aliphatic rings. The molecule has 4 nitrogen and oxygen atoms in total. The number of carbonyl (C=O) groups excluding carboxylic acids is 2. The Labute approximate surface area is 167 Å². The molecule has 0 aliphatic heterocycles. The van der Waals surface area contributed by atoms with Crippen molar-refractivity contribution in [3.63, 3.8) is 0 Å². The largest absolute Gasteiger partial charge is 0.352 e. The van der Waals surface area contributed by atoms with Crippen LogP contribution < -0.4 is 5.32 Å². The smallest absolute Gasteiger partial charge is 0.242 e. The van der Waals surface area contributed by atoms with Crippen LogP contribution in [-0.4, -0.2) is 28.8 Å². The number of carbonyl (C=O) groups is 2. The highest BCUT2D eigenvalue weighted by atomic mass is 16.2. The van der Waals surface area contributed by atoms with Crippen LogP contribution in [0.15, 0.2) is 54.6 Å². The van der Waals surface area contributed by atoms with Crippen molar-refractivity contribution in [2.75, 3.05) is 0 Å². The third kappa shape index (κ3) is 5.44. The van der Waals surface area contributed by atoms with Gasteiger partial charge in [0, 0.05) is 12.6 Å². The summed E-state index contributed by atoms with van der Waals surface area (Å²) in [6.45, 7) is 4.31. The summed E-state index contributed by atoms with van der Waals surface area (Å²) < 4.78 is 0. The van der Waals surface area contributed by atoms with E-state index >= 15 is 0 Å². The number of aryl methyl sites for hydroxylation is 1. The summed E-state index contributed by atoms with van der Waals surface area (Å²) in [5, 5.41) is 3.14. The fourth-order valence-corrected chi connectivity index (χ4v) is 3.74. The van der Waals surface area contributed by atoms with Crippen molar-refractivity contribution >= 4 is 11.8 Å². The predicted octanol–water partition coefficient (Wildman–Crippen LogP) is 4.01. The van der Waals surface area contributed by atoms with E-state index in [0.717, 1.165) is 24.0 Å². The van der Waals surface area contributed by atoms with Gasteiger partial charge in [-0.1, -0.05) is 73.0 Å². The van der Waals surface area contributed by atoms with Gasteiger partial charge in [-0.2, -0.15) is 0 Å². The summed E-state index contributed by atoms with van der Waals surface area (Å²) in [7, 11) is 0. The summed E-state index contributed by atoms with van der Waals surface area (Å²) in [5.41, 5.74) is 3.18. The SMILES string of the molecule is Cc1ccc(CN(C(=O)Cc2ccccc2)[C@H](C)C(=O)NC2CCCC2)cc1. The van der Waals surface area contributed by atoms with Crippen molar-refractivity contribution in [2.45, 2.75) is 64.6 Å². The molecule has 0 aromatic heterocycles. The van der Waals surface area contributed by atoms with E-state index in [1.165, 1.54) is 18.4 Å². The van der Waals surface area contributed by atoms with Crippen LogP contribution in [0.1, 0.15) is 49.3 Å². The molecule has 148 valence electrons. The minimum absolute atomic E-state index is 0.0270. The lowest BCUT2D eigenvalue weighted by atomic mass is 10.1. The fraction of sp³-hybridized carbons (Fsp3) is 0.417. The molecule has 1 fully saturated rings. The monoisotopic (exact) mass is 378 g/mol. The van der Waals surface area contributed by atoms with E-state index in [1.807, 2.05) is 68.4 Å². The van der Waals surface area contributed by atoms with Gasteiger partial charge in [0.05, 0.1) is 6.42 Å². The molecule has 0 bridgehead atoms. The first-order valence-electron chi connectivity index (χ1n) is 10.2. The normalized spacial score (nSPS) is 15.2. The molecular weight excluding hydrogens is 348 g/mol. The number of hydrogen-bond acceptors (Lipinski definition) is 2. The number of hydrogen-bond donors (Lipinski definition) is 1. The minimum Gasteiger partial charge on any atom is -0.352 e. The quantitative estimate of drug-likeness (QED) is 0.791. The first-order valence-corrected chi connectivity index (χ1v) is 10.2. The molecule has 1 saturated carbocycles. The number of rotatable bonds is 7. The van der Waals surface area contributed by atoms with Crippen LogP contribution in [0.4, 0.5) is 0 Å². The van der Waals surface area contributed by atoms with E-state index in [4.69, 9.17) is 0 Å². The topological polar surface area (TPSA) is 49.4 Å². The highest BCUT2D eigenvalue weighted by Crippen LogP contribution is 2.19. The van der Waals surface area contributed by atoms with Crippen molar-refractivity contribution in [3.8, 4) is 0 Å². The number of nitrogens with one attached hydrogen (secondary N) is 1. The number of amides is 2. The number of nitrogens with zero attached hydrogens (tertiary/aromatic N) is 1. The van der Waals surface area contributed by atoms with Gasteiger partial charge in [0.2, 0.25) is 11.8 Å². The Kier molecular flexibility index (Phi) is 6.85. The summed E-state index contributed by atoms with van der Waals surface area (Å²) in [4.78, 5) is 27.7. The van der Waals surface area contributed by atoms with Crippen LogP contribution in [0.25, 0.3) is 0 Å².